The van der Waals surface area contributed by atoms with Gasteiger partial charge in [0, 0.05) is 5.56 Å². The van der Waals surface area contributed by atoms with Gasteiger partial charge in [0.05, 0.1) is 4.91 Å². The second-order valence-electron chi connectivity index (χ2n) is 4.78. The van der Waals surface area contributed by atoms with E-state index in [2.05, 4.69) is 4.99 Å². The summed E-state index contributed by atoms with van der Waals surface area (Å²) in [6.45, 7) is 0. The van der Waals surface area contributed by atoms with Gasteiger partial charge in [0.2, 0.25) is 0 Å². The number of phenols is 1. The van der Waals surface area contributed by atoms with E-state index in [1.807, 2.05) is 30.3 Å². The molecule has 114 valence electrons. The minimum Gasteiger partial charge on any atom is -0.507 e. The van der Waals surface area contributed by atoms with Crippen molar-refractivity contribution in [2.75, 3.05) is 0 Å². The van der Waals surface area contributed by atoms with Crippen molar-refractivity contribution in [3.8, 4) is 5.75 Å². The highest BCUT2D eigenvalue weighted by Crippen LogP contribution is 2.33. The Balaban J connectivity index is 1.91. The van der Waals surface area contributed by atoms with E-state index in [1.54, 1.807) is 6.08 Å². The normalized spacial score (nSPS) is 15.7. The van der Waals surface area contributed by atoms with Crippen molar-refractivity contribution >= 4 is 34.8 Å². The lowest BCUT2D eigenvalue weighted by molar-refractivity contribution is -0.113. The molecule has 1 aliphatic heterocycles. The van der Waals surface area contributed by atoms with Crippen LogP contribution in [0.5, 0.6) is 5.75 Å². The fraction of sp³-hybridized carbons (Fsp3) is 0. The van der Waals surface area contributed by atoms with Crippen molar-refractivity contribution in [1.82, 2.24) is 0 Å². The molecule has 0 spiro atoms. The zero-order valence-corrected chi connectivity index (χ0v) is 12.6. The molecule has 0 bridgehead atoms. The maximum atomic E-state index is 12.0. The van der Waals surface area contributed by atoms with E-state index in [0.717, 1.165) is 5.56 Å². The largest absolute Gasteiger partial charge is 0.507 e. The number of carboxylic acid groups (broad SMARTS) is 1. The molecule has 5 nitrogen and oxygen atoms in total. The second-order valence-corrected chi connectivity index (χ2v) is 5.81. The van der Waals surface area contributed by atoms with Crippen LogP contribution in [-0.4, -0.2) is 27.1 Å². The molecule has 2 aromatic rings. The standard InChI is InChI=1S/C17H11NO4S/c19-13-7-6-11(9-12(13)17(21)22)16-18-15(20)14(23-16)8-10-4-2-1-3-5-10/h1-9,19H,(H,21,22)/b14-8-. The van der Waals surface area contributed by atoms with Gasteiger partial charge < -0.3 is 10.2 Å². The molecule has 2 N–H and O–H groups in total. The summed E-state index contributed by atoms with van der Waals surface area (Å²) < 4.78 is 0. The molecule has 0 unspecified atom stereocenters. The molecule has 3 rings (SSSR count). The summed E-state index contributed by atoms with van der Waals surface area (Å²) in [5, 5.41) is 19.0. The highest BCUT2D eigenvalue weighted by atomic mass is 32.2. The molecule has 0 atom stereocenters. The minimum atomic E-state index is -1.24. The van der Waals surface area contributed by atoms with Crippen molar-refractivity contribution in [3.05, 3.63) is 70.1 Å². The number of benzene rings is 2. The van der Waals surface area contributed by atoms with Gasteiger partial charge in [0.1, 0.15) is 16.4 Å². The summed E-state index contributed by atoms with van der Waals surface area (Å²) >= 11 is 1.18. The predicted molar refractivity (Wildman–Crippen MR) is 88.6 cm³/mol. The highest BCUT2D eigenvalue weighted by molar-refractivity contribution is 8.19. The summed E-state index contributed by atoms with van der Waals surface area (Å²) in [5.41, 5.74) is 1.14. The van der Waals surface area contributed by atoms with Crippen LogP contribution < -0.4 is 0 Å². The first-order chi connectivity index (χ1) is 11.0. The third-order valence-corrected chi connectivity index (χ3v) is 4.22. The number of rotatable bonds is 3. The van der Waals surface area contributed by atoms with Crippen LogP contribution in [0, 0.1) is 0 Å². The van der Waals surface area contributed by atoms with Gasteiger partial charge in [-0.25, -0.2) is 9.79 Å². The second kappa shape index (κ2) is 6.10. The number of hydrogen-bond acceptors (Lipinski definition) is 4. The van der Waals surface area contributed by atoms with E-state index in [0.29, 0.717) is 15.5 Å². The molecule has 0 aliphatic carbocycles. The molecular formula is C17H11NO4S. The Labute approximate surface area is 136 Å². The zero-order chi connectivity index (χ0) is 16.4. The Kier molecular flexibility index (Phi) is 3.99. The van der Waals surface area contributed by atoms with Gasteiger partial charge >= 0.3 is 5.97 Å². The quantitative estimate of drug-likeness (QED) is 0.847. The Bertz CT molecular complexity index is 856. The summed E-state index contributed by atoms with van der Waals surface area (Å²) in [4.78, 5) is 27.5. The molecule has 1 aliphatic rings. The van der Waals surface area contributed by atoms with Crippen LogP contribution in [-0.2, 0) is 4.79 Å². The minimum absolute atomic E-state index is 0.223. The van der Waals surface area contributed by atoms with E-state index >= 15 is 0 Å². The summed E-state index contributed by atoms with van der Waals surface area (Å²) in [6, 6.07) is 13.5. The van der Waals surface area contributed by atoms with E-state index in [1.165, 1.54) is 30.0 Å². The first kappa shape index (κ1) is 15.1. The fourth-order valence-electron chi connectivity index (χ4n) is 2.07. The van der Waals surface area contributed by atoms with Crippen molar-refractivity contribution in [2.24, 2.45) is 4.99 Å². The lowest BCUT2D eigenvalue weighted by Gasteiger charge is -2.03. The van der Waals surface area contributed by atoms with Crippen molar-refractivity contribution < 1.29 is 19.8 Å². The predicted octanol–water partition coefficient (Wildman–Crippen LogP) is 3.15. The zero-order valence-electron chi connectivity index (χ0n) is 11.8. The number of amides is 1. The number of hydrogen-bond donors (Lipinski definition) is 2. The van der Waals surface area contributed by atoms with E-state index < -0.39 is 5.97 Å². The maximum Gasteiger partial charge on any atom is 0.339 e. The van der Waals surface area contributed by atoms with Gasteiger partial charge in [-0.3, -0.25) is 4.79 Å². The first-order valence-electron chi connectivity index (χ1n) is 6.69. The molecule has 1 heterocycles. The first-order valence-corrected chi connectivity index (χ1v) is 7.50. The van der Waals surface area contributed by atoms with Gasteiger partial charge in [0.25, 0.3) is 5.91 Å². The average Bonchev–Trinajstić information content (AvgIpc) is 2.89. The molecule has 0 saturated carbocycles. The van der Waals surface area contributed by atoms with Crippen LogP contribution in [0.4, 0.5) is 0 Å². The Morgan fingerprint density at radius 1 is 1.13 bits per heavy atom. The topological polar surface area (TPSA) is 87.0 Å². The third-order valence-electron chi connectivity index (χ3n) is 3.19. The van der Waals surface area contributed by atoms with Gasteiger partial charge in [-0.05, 0) is 29.8 Å². The Hall–Kier alpha value is -2.86. The van der Waals surface area contributed by atoms with Gasteiger partial charge in [-0.2, -0.15) is 0 Å². The number of aromatic carboxylic acids is 1. The Morgan fingerprint density at radius 3 is 2.57 bits per heavy atom. The summed E-state index contributed by atoms with van der Waals surface area (Å²) in [7, 11) is 0. The van der Waals surface area contributed by atoms with Gasteiger partial charge in [-0.1, -0.05) is 42.1 Å². The molecule has 0 radical (unpaired) electrons. The molecule has 2 aromatic carbocycles. The molecule has 6 heteroatoms. The molecule has 23 heavy (non-hydrogen) atoms. The van der Waals surface area contributed by atoms with Crippen LogP contribution in [0.25, 0.3) is 6.08 Å². The molecule has 0 aromatic heterocycles. The fourth-order valence-corrected chi connectivity index (χ4v) is 2.98. The van der Waals surface area contributed by atoms with Gasteiger partial charge in [0.15, 0.2) is 0 Å². The lowest BCUT2D eigenvalue weighted by Crippen LogP contribution is -2.00. The van der Waals surface area contributed by atoms with Gasteiger partial charge in [-0.15, -0.1) is 0 Å². The number of nitrogens with zero attached hydrogens (tertiary/aromatic N) is 1. The van der Waals surface area contributed by atoms with Crippen LogP contribution in [0.2, 0.25) is 0 Å². The number of aromatic hydroxyl groups is 1. The number of carboxylic acids is 1. The number of thioether (sulfide) groups is 1. The number of carbonyl (C=O) groups excluding carboxylic acids is 1. The van der Waals surface area contributed by atoms with Crippen molar-refractivity contribution in [2.45, 2.75) is 0 Å². The van der Waals surface area contributed by atoms with Crippen LogP contribution in [0.1, 0.15) is 21.5 Å². The average molecular weight is 325 g/mol. The SMILES string of the molecule is O=C1N=C(c2ccc(O)c(C(=O)O)c2)S/C1=C\c1ccccc1. The van der Waals surface area contributed by atoms with Crippen LogP contribution >= 0.6 is 11.8 Å². The van der Waals surface area contributed by atoms with E-state index in [-0.39, 0.29) is 17.2 Å². The van der Waals surface area contributed by atoms with Crippen LogP contribution in [0.3, 0.4) is 0 Å². The lowest BCUT2D eigenvalue weighted by atomic mass is 10.1. The Morgan fingerprint density at radius 2 is 1.87 bits per heavy atom. The van der Waals surface area contributed by atoms with Crippen LogP contribution in [0.15, 0.2) is 58.4 Å². The van der Waals surface area contributed by atoms with E-state index in [4.69, 9.17) is 5.11 Å². The molecule has 0 fully saturated rings. The molecule has 0 saturated heterocycles. The summed E-state index contributed by atoms with van der Waals surface area (Å²) in [5.74, 6) is -1.92. The molecular weight excluding hydrogens is 314 g/mol. The number of aliphatic imine (C=N–C) groups is 1. The summed E-state index contributed by atoms with van der Waals surface area (Å²) in [6.07, 6.45) is 1.74. The van der Waals surface area contributed by atoms with Crippen molar-refractivity contribution in [3.63, 3.8) is 0 Å². The molecule has 1 amide bonds. The highest BCUT2D eigenvalue weighted by Gasteiger charge is 2.24. The number of carbonyl (C=O) groups is 2. The van der Waals surface area contributed by atoms with E-state index in [9.17, 15) is 14.7 Å². The smallest absolute Gasteiger partial charge is 0.339 e. The third kappa shape index (κ3) is 3.17. The maximum absolute atomic E-state index is 12.0. The monoisotopic (exact) mass is 325 g/mol. The van der Waals surface area contributed by atoms with Crippen molar-refractivity contribution in [1.29, 1.82) is 0 Å².